The van der Waals surface area contributed by atoms with Crippen LogP contribution >= 0.6 is 11.3 Å². The molecule has 84 valence electrons. The van der Waals surface area contributed by atoms with Crippen LogP contribution in [0, 0.1) is 17.1 Å². The first-order valence-electron chi connectivity index (χ1n) is 4.65. The molecule has 0 aliphatic carbocycles. The van der Waals surface area contributed by atoms with Crippen molar-refractivity contribution < 1.29 is 14.3 Å². The van der Waals surface area contributed by atoms with E-state index in [9.17, 15) is 9.18 Å². The van der Waals surface area contributed by atoms with Gasteiger partial charge in [-0.3, -0.25) is 0 Å². The molecular formula is C12H6FNO2S. The lowest BCUT2D eigenvalue weighted by atomic mass is 10.1. The van der Waals surface area contributed by atoms with Crippen molar-refractivity contribution in [1.29, 1.82) is 5.26 Å². The van der Waals surface area contributed by atoms with E-state index in [1.807, 2.05) is 6.07 Å². The highest BCUT2D eigenvalue weighted by atomic mass is 32.1. The quantitative estimate of drug-likeness (QED) is 0.886. The molecule has 0 aliphatic rings. The molecule has 1 heterocycles. The maximum atomic E-state index is 13.4. The molecule has 0 spiro atoms. The Hall–Kier alpha value is -2.19. The lowest BCUT2D eigenvalue weighted by Gasteiger charge is -2.04. The van der Waals surface area contributed by atoms with Gasteiger partial charge in [0.25, 0.3) is 0 Å². The Labute approximate surface area is 100 Å². The second-order valence-electron chi connectivity index (χ2n) is 3.24. The van der Waals surface area contributed by atoms with Crippen LogP contribution in [0.1, 0.15) is 15.2 Å². The van der Waals surface area contributed by atoms with Crippen LogP contribution in [0.25, 0.3) is 10.4 Å². The van der Waals surface area contributed by atoms with Crippen LogP contribution in [-0.4, -0.2) is 11.1 Å². The number of carboxylic acid groups (broad SMARTS) is 1. The normalized spacial score (nSPS) is 9.88. The van der Waals surface area contributed by atoms with Crippen molar-refractivity contribution in [2.75, 3.05) is 0 Å². The molecule has 0 fully saturated rings. The minimum Gasteiger partial charge on any atom is -0.478 e. The number of carbonyl (C=O) groups is 1. The van der Waals surface area contributed by atoms with Crippen molar-refractivity contribution in [3.05, 3.63) is 46.6 Å². The summed E-state index contributed by atoms with van der Waals surface area (Å²) in [6.45, 7) is 0. The number of hydrogen-bond donors (Lipinski definition) is 1. The molecule has 1 aromatic heterocycles. The topological polar surface area (TPSA) is 61.1 Å². The molecule has 5 heteroatoms. The third kappa shape index (κ3) is 2.03. The number of carboxylic acids is 1. The maximum Gasteiger partial charge on any atom is 0.339 e. The third-order valence-corrected chi connectivity index (χ3v) is 3.23. The molecule has 0 radical (unpaired) electrons. The zero-order chi connectivity index (χ0) is 12.4. The fraction of sp³-hybridized carbons (Fsp3) is 0. The van der Waals surface area contributed by atoms with E-state index in [1.165, 1.54) is 12.1 Å². The standard InChI is InChI=1S/C12H6FNO2S/c13-9-3-1-2-8(11(9)12(15)16)10-5-4-7(6-14)17-10/h1-5H,(H,15,16). The fourth-order valence-corrected chi connectivity index (χ4v) is 2.32. The molecule has 0 atom stereocenters. The number of rotatable bonds is 2. The maximum absolute atomic E-state index is 13.4. The minimum atomic E-state index is -1.31. The molecule has 0 aliphatic heterocycles. The molecular weight excluding hydrogens is 241 g/mol. The Balaban J connectivity index is 2.63. The average molecular weight is 247 g/mol. The summed E-state index contributed by atoms with van der Waals surface area (Å²) in [5, 5.41) is 17.7. The molecule has 2 aromatic rings. The van der Waals surface area contributed by atoms with Crippen molar-refractivity contribution >= 4 is 17.3 Å². The van der Waals surface area contributed by atoms with Crippen LogP contribution in [0.4, 0.5) is 4.39 Å². The second-order valence-corrected chi connectivity index (χ2v) is 4.33. The van der Waals surface area contributed by atoms with Gasteiger partial charge in [-0.1, -0.05) is 12.1 Å². The Morgan fingerprint density at radius 2 is 2.12 bits per heavy atom. The predicted molar refractivity (Wildman–Crippen MR) is 61.4 cm³/mol. The van der Waals surface area contributed by atoms with Crippen LogP contribution in [0.3, 0.4) is 0 Å². The number of aromatic carboxylic acids is 1. The Morgan fingerprint density at radius 3 is 2.71 bits per heavy atom. The molecule has 0 bridgehead atoms. The molecule has 2 rings (SSSR count). The largest absolute Gasteiger partial charge is 0.478 e. The highest BCUT2D eigenvalue weighted by Gasteiger charge is 2.17. The Kier molecular flexibility index (Phi) is 2.90. The first kappa shape index (κ1) is 11.3. The van der Waals surface area contributed by atoms with E-state index in [1.54, 1.807) is 12.1 Å². The smallest absolute Gasteiger partial charge is 0.339 e. The van der Waals surface area contributed by atoms with E-state index >= 15 is 0 Å². The Morgan fingerprint density at radius 1 is 1.35 bits per heavy atom. The highest BCUT2D eigenvalue weighted by molar-refractivity contribution is 7.16. The summed E-state index contributed by atoms with van der Waals surface area (Å²) >= 11 is 1.14. The fourth-order valence-electron chi connectivity index (χ4n) is 1.49. The number of hydrogen-bond acceptors (Lipinski definition) is 3. The van der Waals surface area contributed by atoms with E-state index in [0.717, 1.165) is 17.4 Å². The van der Waals surface area contributed by atoms with Gasteiger partial charge in [0, 0.05) is 10.4 Å². The van der Waals surface area contributed by atoms with Gasteiger partial charge in [-0.05, 0) is 18.2 Å². The third-order valence-electron chi connectivity index (χ3n) is 2.21. The second kappa shape index (κ2) is 4.36. The molecule has 0 saturated heterocycles. The van der Waals surface area contributed by atoms with Gasteiger partial charge in [-0.2, -0.15) is 5.26 Å². The molecule has 3 nitrogen and oxygen atoms in total. The molecule has 0 unspecified atom stereocenters. The van der Waals surface area contributed by atoms with Gasteiger partial charge in [0.05, 0.1) is 0 Å². The number of nitriles is 1. The summed E-state index contributed by atoms with van der Waals surface area (Å²) < 4.78 is 13.4. The van der Waals surface area contributed by atoms with Crippen LogP contribution in [0.2, 0.25) is 0 Å². The van der Waals surface area contributed by atoms with Gasteiger partial charge in [-0.15, -0.1) is 11.3 Å². The zero-order valence-electron chi connectivity index (χ0n) is 8.48. The molecule has 17 heavy (non-hydrogen) atoms. The van der Waals surface area contributed by atoms with Crippen LogP contribution in [0.5, 0.6) is 0 Å². The minimum absolute atomic E-state index is 0.295. The van der Waals surface area contributed by atoms with Gasteiger partial charge < -0.3 is 5.11 Å². The monoisotopic (exact) mass is 247 g/mol. The average Bonchev–Trinajstić information content (AvgIpc) is 2.76. The number of nitrogens with zero attached hydrogens (tertiary/aromatic N) is 1. The van der Waals surface area contributed by atoms with E-state index in [4.69, 9.17) is 10.4 Å². The van der Waals surface area contributed by atoms with E-state index in [-0.39, 0.29) is 5.56 Å². The van der Waals surface area contributed by atoms with Gasteiger partial charge in [0.2, 0.25) is 0 Å². The van der Waals surface area contributed by atoms with Crippen molar-refractivity contribution in [2.24, 2.45) is 0 Å². The van der Waals surface area contributed by atoms with E-state index in [2.05, 4.69) is 0 Å². The molecule has 1 aromatic carbocycles. The van der Waals surface area contributed by atoms with Crippen LogP contribution < -0.4 is 0 Å². The molecule has 1 N–H and O–H groups in total. The summed E-state index contributed by atoms with van der Waals surface area (Å²) in [6.07, 6.45) is 0. The lowest BCUT2D eigenvalue weighted by Crippen LogP contribution is -2.02. The molecule has 0 saturated carbocycles. The van der Waals surface area contributed by atoms with Crippen molar-refractivity contribution in [1.82, 2.24) is 0 Å². The van der Waals surface area contributed by atoms with Gasteiger partial charge in [0.1, 0.15) is 22.3 Å². The van der Waals surface area contributed by atoms with E-state index < -0.39 is 11.8 Å². The number of thiophene rings is 1. The highest BCUT2D eigenvalue weighted by Crippen LogP contribution is 2.31. The first-order valence-corrected chi connectivity index (χ1v) is 5.47. The summed E-state index contributed by atoms with van der Waals surface area (Å²) in [5.74, 6) is -2.09. The lowest BCUT2D eigenvalue weighted by molar-refractivity contribution is 0.0693. The van der Waals surface area contributed by atoms with Gasteiger partial charge in [-0.25, -0.2) is 9.18 Å². The number of halogens is 1. The van der Waals surface area contributed by atoms with Gasteiger partial charge in [0.15, 0.2) is 0 Å². The summed E-state index contributed by atoms with van der Waals surface area (Å²) in [4.78, 5) is 12.0. The van der Waals surface area contributed by atoms with Crippen molar-refractivity contribution in [2.45, 2.75) is 0 Å². The summed E-state index contributed by atoms with van der Waals surface area (Å²) in [6, 6.07) is 9.23. The van der Waals surface area contributed by atoms with Crippen LogP contribution in [0.15, 0.2) is 30.3 Å². The summed E-state index contributed by atoms with van der Waals surface area (Å²) in [7, 11) is 0. The summed E-state index contributed by atoms with van der Waals surface area (Å²) in [5.41, 5.74) is -0.0668. The number of benzene rings is 1. The van der Waals surface area contributed by atoms with Crippen LogP contribution in [-0.2, 0) is 0 Å². The van der Waals surface area contributed by atoms with Crippen molar-refractivity contribution in [3.8, 4) is 16.5 Å². The van der Waals surface area contributed by atoms with Crippen molar-refractivity contribution in [3.63, 3.8) is 0 Å². The predicted octanol–water partition coefficient (Wildman–Crippen LogP) is 3.12. The molecule has 0 amide bonds. The van der Waals surface area contributed by atoms with E-state index in [0.29, 0.717) is 15.3 Å². The zero-order valence-corrected chi connectivity index (χ0v) is 9.29. The SMILES string of the molecule is N#Cc1ccc(-c2cccc(F)c2C(=O)O)s1. The Bertz CT molecular complexity index is 628. The first-order chi connectivity index (χ1) is 8.13. The van der Waals surface area contributed by atoms with Gasteiger partial charge >= 0.3 is 5.97 Å².